The van der Waals surface area contributed by atoms with Gasteiger partial charge in [0.05, 0.1) is 19.3 Å². The van der Waals surface area contributed by atoms with E-state index in [2.05, 4.69) is 20.1 Å². The lowest BCUT2D eigenvalue weighted by Gasteiger charge is -2.05. The number of imidazole rings is 1. The second-order valence-electron chi connectivity index (χ2n) is 4.54. The van der Waals surface area contributed by atoms with Crippen LogP contribution >= 0.6 is 11.6 Å². The van der Waals surface area contributed by atoms with E-state index in [9.17, 15) is 0 Å². The molecule has 7 nitrogen and oxygen atoms in total. The Kier molecular flexibility index (Phi) is 3.74. The molecule has 0 radical (unpaired) electrons. The van der Waals surface area contributed by atoms with Crippen molar-refractivity contribution in [3.8, 4) is 5.88 Å². The van der Waals surface area contributed by atoms with Crippen LogP contribution in [0.15, 0.2) is 16.9 Å². The van der Waals surface area contributed by atoms with E-state index in [1.807, 2.05) is 17.6 Å². The number of aryl methyl sites for hydroxylation is 2. The van der Waals surface area contributed by atoms with E-state index in [1.54, 1.807) is 7.11 Å². The van der Waals surface area contributed by atoms with Crippen LogP contribution in [0.2, 0.25) is 0 Å². The van der Waals surface area contributed by atoms with E-state index in [-0.39, 0.29) is 0 Å². The summed E-state index contributed by atoms with van der Waals surface area (Å²) in [7, 11) is 1.56. The molecule has 0 fully saturated rings. The van der Waals surface area contributed by atoms with Crippen molar-refractivity contribution in [1.82, 2.24) is 24.7 Å². The second kappa shape index (κ2) is 5.69. The minimum absolute atomic E-state index is 0.448. The summed E-state index contributed by atoms with van der Waals surface area (Å²) in [5, 5.41) is 3.89. The highest BCUT2D eigenvalue weighted by Crippen LogP contribution is 2.23. The van der Waals surface area contributed by atoms with Crippen molar-refractivity contribution in [2.24, 2.45) is 0 Å². The van der Waals surface area contributed by atoms with Crippen LogP contribution in [0.5, 0.6) is 5.88 Å². The van der Waals surface area contributed by atoms with E-state index in [4.69, 9.17) is 20.9 Å². The molecule has 110 valence electrons. The molecule has 0 spiro atoms. The summed E-state index contributed by atoms with van der Waals surface area (Å²) in [5.74, 6) is 2.46. The standard InChI is InChI=1S/C13H14ClN5O2/c1-8-5-9(21-18-8)6-19-10(3-4-14)17-11-12(19)15-7-16-13(11)20-2/h5,7H,3-4,6H2,1-2H3. The van der Waals surface area contributed by atoms with Gasteiger partial charge in [-0.15, -0.1) is 11.6 Å². The van der Waals surface area contributed by atoms with Gasteiger partial charge in [-0.05, 0) is 6.92 Å². The average Bonchev–Trinajstić information content (AvgIpc) is 3.04. The normalized spacial score (nSPS) is 11.2. The Morgan fingerprint density at radius 2 is 2.24 bits per heavy atom. The quantitative estimate of drug-likeness (QED) is 0.670. The van der Waals surface area contributed by atoms with Crippen molar-refractivity contribution in [3.63, 3.8) is 0 Å². The van der Waals surface area contributed by atoms with Gasteiger partial charge in [-0.25, -0.2) is 9.97 Å². The maximum Gasteiger partial charge on any atom is 0.245 e. The van der Waals surface area contributed by atoms with Gasteiger partial charge in [0.25, 0.3) is 0 Å². The number of hydrogen-bond donors (Lipinski definition) is 0. The van der Waals surface area contributed by atoms with E-state index in [0.717, 1.165) is 17.3 Å². The van der Waals surface area contributed by atoms with Crippen molar-refractivity contribution < 1.29 is 9.26 Å². The number of aromatic nitrogens is 5. The lowest BCUT2D eigenvalue weighted by Crippen LogP contribution is -2.06. The number of fused-ring (bicyclic) bond motifs is 1. The van der Waals surface area contributed by atoms with Crippen LogP contribution in [-0.4, -0.2) is 37.7 Å². The summed E-state index contributed by atoms with van der Waals surface area (Å²) in [4.78, 5) is 12.9. The number of rotatable bonds is 5. The van der Waals surface area contributed by atoms with Crippen LogP contribution in [-0.2, 0) is 13.0 Å². The first-order valence-corrected chi connectivity index (χ1v) is 6.98. The Hall–Kier alpha value is -2.15. The average molecular weight is 308 g/mol. The lowest BCUT2D eigenvalue weighted by atomic mass is 10.3. The summed E-state index contributed by atoms with van der Waals surface area (Å²) in [6, 6.07) is 1.88. The topological polar surface area (TPSA) is 78.9 Å². The Labute approximate surface area is 125 Å². The van der Waals surface area contributed by atoms with Crippen molar-refractivity contribution in [2.75, 3.05) is 13.0 Å². The number of alkyl halides is 1. The number of nitrogens with zero attached hydrogens (tertiary/aromatic N) is 5. The van der Waals surface area contributed by atoms with Crippen molar-refractivity contribution in [2.45, 2.75) is 19.9 Å². The van der Waals surface area contributed by atoms with E-state index < -0.39 is 0 Å². The maximum absolute atomic E-state index is 5.86. The van der Waals surface area contributed by atoms with E-state index in [0.29, 0.717) is 35.9 Å². The maximum atomic E-state index is 5.86. The van der Waals surface area contributed by atoms with Crippen molar-refractivity contribution >= 4 is 22.8 Å². The zero-order valence-electron chi connectivity index (χ0n) is 11.7. The molecular formula is C13H14ClN5O2. The van der Waals surface area contributed by atoms with Crippen LogP contribution in [0.4, 0.5) is 0 Å². The molecule has 0 bridgehead atoms. The summed E-state index contributed by atoms with van der Waals surface area (Å²) >= 11 is 5.86. The molecule has 0 aliphatic heterocycles. The Balaban J connectivity index is 2.11. The van der Waals surface area contributed by atoms with Crippen LogP contribution in [0.1, 0.15) is 17.3 Å². The van der Waals surface area contributed by atoms with Gasteiger partial charge < -0.3 is 13.8 Å². The molecule has 21 heavy (non-hydrogen) atoms. The molecule has 0 saturated heterocycles. The van der Waals surface area contributed by atoms with Crippen molar-refractivity contribution in [3.05, 3.63) is 29.7 Å². The Morgan fingerprint density at radius 1 is 1.38 bits per heavy atom. The molecule has 8 heteroatoms. The van der Waals surface area contributed by atoms with Crippen LogP contribution in [0.25, 0.3) is 11.2 Å². The number of ether oxygens (including phenoxy) is 1. The van der Waals surface area contributed by atoms with Crippen LogP contribution < -0.4 is 4.74 Å². The molecule has 0 aliphatic rings. The first-order chi connectivity index (χ1) is 10.2. The van der Waals surface area contributed by atoms with E-state index >= 15 is 0 Å². The smallest absolute Gasteiger partial charge is 0.245 e. The molecule has 0 N–H and O–H groups in total. The first-order valence-electron chi connectivity index (χ1n) is 6.45. The summed E-state index contributed by atoms with van der Waals surface area (Å²) in [5.41, 5.74) is 2.15. The van der Waals surface area contributed by atoms with Gasteiger partial charge in [-0.2, -0.15) is 4.98 Å². The predicted molar refractivity (Wildman–Crippen MR) is 76.6 cm³/mol. The molecule has 0 atom stereocenters. The number of hydrogen-bond acceptors (Lipinski definition) is 6. The first kappa shape index (κ1) is 13.8. The largest absolute Gasteiger partial charge is 0.479 e. The molecule has 0 unspecified atom stereocenters. The fourth-order valence-electron chi connectivity index (χ4n) is 2.20. The molecule has 3 heterocycles. The van der Waals surface area contributed by atoms with Gasteiger partial charge in [0.1, 0.15) is 12.2 Å². The summed E-state index contributed by atoms with van der Waals surface area (Å²) in [6.45, 7) is 2.37. The molecule has 3 aromatic heterocycles. The Bertz CT molecular complexity index is 767. The molecular weight excluding hydrogens is 294 g/mol. The SMILES string of the molecule is COc1ncnc2c1nc(CCCl)n2Cc1cc(C)no1. The fourth-order valence-corrected chi connectivity index (χ4v) is 2.37. The minimum atomic E-state index is 0.448. The van der Waals surface area contributed by atoms with Gasteiger partial charge in [0.15, 0.2) is 16.9 Å². The van der Waals surface area contributed by atoms with Gasteiger partial charge in [-0.3, -0.25) is 0 Å². The summed E-state index contributed by atoms with van der Waals surface area (Å²) < 4.78 is 12.4. The molecule has 3 rings (SSSR count). The zero-order chi connectivity index (χ0) is 14.8. The number of methoxy groups -OCH3 is 1. The van der Waals surface area contributed by atoms with Crippen LogP contribution in [0, 0.1) is 6.92 Å². The lowest BCUT2D eigenvalue weighted by molar-refractivity contribution is 0.372. The van der Waals surface area contributed by atoms with Gasteiger partial charge in [-0.1, -0.05) is 5.16 Å². The highest BCUT2D eigenvalue weighted by Gasteiger charge is 2.17. The van der Waals surface area contributed by atoms with E-state index in [1.165, 1.54) is 6.33 Å². The van der Waals surface area contributed by atoms with Gasteiger partial charge >= 0.3 is 0 Å². The third kappa shape index (κ3) is 2.56. The summed E-state index contributed by atoms with van der Waals surface area (Å²) in [6.07, 6.45) is 2.07. The second-order valence-corrected chi connectivity index (χ2v) is 4.92. The zero-order valence-corrected chi connectivity index (χ0v) is 12.5. The minimum Gasteiger partial charge on any atom is -0.479 e. The third-order valence-electron chi connectivity index (χ3n) is 3.08. The van der Waals surface area contributed by atoms with Gasteiger partial charge in [0.2, 0.25) is 5.88 Å². The molecule has 3 aromatic rings. The van der Waals surface area contributed by atoms with Crippen LogP contribution in [0.3, 0.4) is 0 Å². The highest BCUT2D eigenvalue weighted by atomic mass is 35.5. The molecule has 0 saturated carbocycles. The Morgan fingerprint density at radius 3 is 2.90 bits per heavy atom. The predicted octanol–water partition coefficient (Wildman–Crippen LogP) is 1.96. The molecule has 0 aromatic carbocycles. The molecule has 0 aliphatic carbocycles. The molecule has 0 amide bonds. The fraction of sp³-hybridized carbons (Fsp3) is 0.385. The number of halogens is 1. The highest BCUT2D eigenvalue weighted by molar-refractivity contribution is 6.17. The van der Waals surface area contributed by atoms with Gasteiger partial charge in [0, 0.05) is 18.4 Å². The monoisotopic (exact) mass is 307 g/mol. The third-order valence-corrected chi connectivity index (χ3v) is 3.27. The van der Waals surface area contributed by atoms with Crippen molar-refractivity contribution in [1.29, 1.82) is 0 Å².